The van der Waals surface area contributed by atoms with Crippen LogP contribution in [0.15, 0.2) is 4.47 Å². The van der Waals surface area contributed by atoms with Crippen LogP contribution < -0.4 is 5.73 Å². The second-order valence-electron chi connectivity index (χ2n) is 4.69. The van der Waals surface area contributed by atoms with E-state index >= 15 is 0 Å². The Morgan fingerprint density at radius 3 is 2.33 bits per heavy atom. The molecule has 4 heteroatoms. The molecule has 0 radical (unpaired) electrons. The van der Waals surface area contributed by atoms with E-state index in [1.807, 2.05) is 0 Å². The van der Waals surface area contributed by atoms with Gasteiger partial charge in [-0.15, -0.1) is 0 Å². The summed E-state index contributed by atoms with van der Waals surface area (Å²) in [7, 11) is 0. The van der Waals surface area contributed by atoms with Crippen LogP contribution in [0.5, 0.6) is 0 Å². The maximum absolute atomic E-state index is 5.85. The van der Waals surface area contributed by atoms with E-state index in [-0.39, 0.29) is 5.41 Å². The largest absolute Gasteiger partial charge is 0.383 e. The maximum Gasteiger partial charge on any atom is 0.141 e. The zero-order valence-electron chi connectivity index (χ0n) is 9.76. The fourth-order valence-electron chi connectivity index (χ4n) is 1.34. The molecule has 0 spiro atoms. The molecule has 0 saturated heterocycles. The average molecular weight is 272 g/mol. The number of nitrogens with zero attached hydrogens (tertiary/aromatic N) is 2. The Bertz CT molecular complexity index is 356. The van der Waals surface area contributed by atoms with Gasteiger partial charge in [0.25, 0.3) is 0 Å². The van der Waals surface area contributed by atoms with Gasteiger partial charge >= 0.3 is 0 Å². The summed E-state index contributed by atoms with van der Waals surface area (Å²) < 4.78 is 0.829. The van der Waals surface area contributed by atoms with E-state index in [1.54, 1.807) is 0 Å². The van der Waals surface area contributed by atoms with Crippen molar-refractivity contribution >= 4 is 21.7 Å². The number of aryl methyl sites for hydroxylation is 1. The number of aromatic nitrogens is 2. The van der Waals surface area contributed by atoms with Crippen LogP contribution in [-0.2, 0) is 11.8 Å². The molecule has 0 bridgehead atoms. The summed E-state index contributed by atoms with van der Waals surface area (Å²) in [6.45, 7) is 8.47. The van der Waals surface area contributed by atoms with Crippen LogP contribution in [0.3, 0.4) is 0 Å². The van der Waals surface area contributed by atoms with Crippen molar-refractivity contribution in [3.05, 3.63) is 16.0 Å². The van der Waals surface area contributed by atoms with E-state index in [1.165, 1.54) is 0 Å². The SMILES string of the molecule is CCCc1nc(N)c(Br)c(C(C)(C)C)n1. The van der Waals surface area contributed by atoms with Gasteiger partial charge in [0, 0.05) is 11.8 Å². The van der Waals surface area contributed by atoms with Crippen LogP contribution >= 0.6 is 15.9 Å². The lowest BCUT2D eigenvalue weighted by Crippen LogP contribution is -2.18. The van der Waals surface area contributed by atoms with Crippen molar-refractivity contribution in [2.45, 2.75) is 46.0 Å². The number of hydrogen-bond donors (Lipinski definition) is 1. The highest BCUT2D eigenvalue weighted by molar-refractivity contribution is 9.10. The molecule has 2 N–H and O–H groups in total. The minimum atomic E-state index is -0.0155. The molecule has 0 aliphatic carbocycles. The van der Waals surface area contributed by atoms with Gasteiger partial charge in [-0.2, -0.15) is 0 Å². The van der Waals surface area contributed by atoms with Gasteiger partial charge < -0.3 is 5.73 Å². The smallest absolute Gasteiger partial charge is 0.141 e. The zero-order chi connectivity index (χ0) is 11.6. The normalized spacial score (nSPS) is 11.8. The van der Waals surface area contributed by atoms with Crippen molar-refractivity contribution < 1.29 is 0 Å². The van der Waals surface area contributed by atoms with Crippen molar-refractivity contribution in [2.24, 2.45) is 0 Å². The fourth-order valence-corrected chi connectivity index (χ4v) is 2.12. The Balaban J connectivity index is 3.25. The van der Waals surface area contributed by atoms with E-state index < -0.39 is 0 Å². The predicted molar refractivity (Wildman–Crippen MR) is 66.8 cm³/mol. The number of halogens is 1. The molecule has 1 rings (SSSR count). The topological polar surface area (TPSA) is 51.8 Å². The summed E-state index contributed by atoms with van der Waals surface area (Å²) in [5, 5.41) is 0. The number of hydrogen-bond acceptors (Lipinski definition) is 3. The molecule has 84 valence electrons. The third-order valence-corrected chi connectivity index (χ3v) is 2.89. The van der Waals surface area contributed by atoms with E-state index in [0.29, 0.717) is 5.82 Å². The monoisotopic (exact) mass is 271 g/mol. The molecule has 0 atom stereocenters. The Labute approximate surface area is 99.6 Å². The van der Waals surface area contributed by atoms with Crippen LogP contribution in [-0.4, -0.2) is 9.97 Å². The maximum atomic E-state index is 5.85. The first-order chi connectivity index (χ1) is 6.86. The van der Waals surface area contributed by atoms with Crippen LogP contribution in [0.4, 0.5) is 5.82 Å². The first kappa shape index (κ1) is 12.4. The van der Waals surface area contributed by atoms with E-state index in [0.717, 1.165) is 28.8 Å². The summed E-state index contributed by atoms with van der Waals surface area (Å²) in [5.74, 6) is 1.38. The molecule has 0 saturated carbocycles. The van der Waals surface area contributed by atoms with Gasteiger partial charge in [0.1, 0.15) is 11.6 Å². The highest BCUT2D eigenvalue weighted by Gasteiger charge is 2.21. The number of nitrogen functional groups attached to an aromatic ring is 1. The Morgan fingerprint density at radius 2 is 1.87 bits per heavy atom. The number of anilines is 1. The molecular weight excluding hydrogens is 254 g/mol. The van der Waals surface area contributed by atoms with Crippen molar-refractivity contribution in [1.82, 2.24) is 9.97 Å². The molecule has 0 fully saturated rings. The molecule has 3 nitrogen and oxygen atoms in total. The summed E-state index contributed by atoms with van der Waals surface area (Å²) in [6, 6.07) is 0. The van der Waals surface area contributed by atoms with Gasteiger partial charge in [-0.25, -0.2) is 9.97 Å². The molecular formula is C11H18BrN3. The molecule has 0 unspecified atom stereocenters. The van der Waals surface area contributed by atoms with Gasteiger partial charge in [-0.3, -0.25) is 0 Å². The predicted octanol–water partition coefficient (Wildman–Crippen LogP) is 3.07. The van der Waals surface area contributed by atoms with Crippen LogP contribution in [0.2, 0.25) is 0 Å². The third kappa shape index (κ3) is 2.91. The summed E-state index contributed by atoms with van der Waals surface area (Å²) >= 11 is 3.45. The number of rotatable bonds is 2. The molecule has 1 aromatic heterocycles. The average Bonchev–Trinajstić information content (AvgIpc) is 2.09. The zero-order valence-corrected chi connectivity index (χ0v) is 11.3. The first-order valence-corrected chi connectivity index (χ1v) is 5.98. The van der Waals surface area contributed by atoms with Crippen molar-refractivity contribution in [3.8, 4) is 0 Å². The van der Waals surface area contributed by atoms with E-state index in [9.17, 15) is 0 Å². The lowest BCUT2D eigenvalue weighted by Gasteiger charge is -2.20. The van der Waals surface area contributed by atoms with Crippen molar-refractivity contribution in [2.75, 3.05) is 5.73 Å². The van der Waals surface area contributed by atoms with Gasteiger partial charge in [0.05, 0.1) is 10.2 Å². The molecule has 0 aliphatic rings. The molecule has 0 amide bonds. The molecule has 0 aromatic carbocycles. The minimum Gasteiger partial charge on any atom is -0.383 e. The van der Waals surface area contributed by atoms with E-state index in [2.05, 4.69) is 53.6 Å². The minimum absolute atomic E-state index is 0.0155. The van der Waals surface area contributed by atoms with Crippen LogP contribution in [0.1, 0.15) is 45.6 Å². The quantitative estimate of drug-likeness (QED) is 0.900. The van der Waals surface area contributed by atoms with Crippen LogP contribution in [0.25, 0.3) is 0 Å². The lowest BCUT2D eigenvalue weighted by molar-refractivity contribution is 0.558. The first-order valence-electron chi connectivity index (χ1n) is 5.18. The molecule has 1 aromatic rings. The standard InChI is InChI=1S/C11H18BrN3/c1-5-6-7-14-9(11(2,3)4)8(12)10(13)15-7/h5-6H2,1-4H3,(H2,13,14,15). The summed E-state index contributed by atoms with van der Waals surface area (Å²) in [4.78, 5) is 8.81. The van der Waals surface area contributed by atoms with Gasteiger partial charge in [0.15, 0.2) is 0 Å². The third-order valence-electron chi connectivity index (χ3n) is 2.11. The van der Waals surface area contributed by atoms with Crippen molar-refractivity contribution in [1.29, 1.82) is 0 Å². The van der Waals surface area contributed by atoms with Crippen LogP contribution in [0, 0.1) is 0 Å². The van der Waals surface area contributed by atoms with Gasteiger partial charge in [-0.05, 0) is 22.4 Å². The van der Waals surface area contributed by atoms with Crippen molar-refractivity contribution in [3.63, 3.8) is 0 Å². The summed E-state index contributed by atoms with van der Waals surface area (Å²) in [6.07, 6.45) is 1.91. The highest BCUT2D eigenvalue weighted by Crippen LogP contribution is 2.31. The Morgan fingerprint density at radius 1 is 1.27 bits per heavy atom. The summed E-state index contributed by atoms with van der Waals surface area (Å²) in [5.41, 5.74) is 6.82. The molecule has 0 aliphatic heterocycles. The van der Waals surface area contributed by atoms with Gasteiger partial charge in [-0.1, -0.05) is 27.7 Å². The van der Waals surface area contributed by atoms with E-state index in [4.69, 9.17) is 5.73 Å². The Hall–Kier alpha value is -0.640. The lowest BCUT2D eigenvalue weighted by atomic mass is 9.92. The number of nitrogens with two attached hydrogens (primary N) is 1. The highest BCUT2D eigenvalue weighted by atomic mass is 79.9. The molecule has 1 heterocycles. The molecule has 15 heavy (non-hydrogen) atoms. The Kier molecular flexibility index (Phi) is 3.71. The second-order valence-corrected chi connectivity index (χ2v) is 5.48. The second kappa shape index (κ2) is 4.47. The van der Waals surface area contributed by atoms with Gasteiger partial charge in [0.2, 0.25) is 0 Å². The fraction of sp³-hybridized carbons (Fsp3) is 0.636.